The molecular weight excluding hydrogens is 421 g/mol. The number of carbonyl (C=O) groups excluding carboxylic acids is 1. The summed E-state index contributed by atoms with van der Waals surface area (Å²) in [6, 6.07) is 7.65. The van der Waals surface area contributed by atoms with Gasteiger partial charge in [0, 0.05) is 23.9 Å². The lowest BCUT2D eigenvalue weighted by atomic mass is 9.94. The van der Waals surface area contributed by atoms with E-state index < -0.39 is 21.8 Å². The lowest BCUT2D eigenvalue weighted by Crippen LogP contribution is -2.39. The summed E-state index contributed by atoms with van der Waals surface area (Å²) in [7, 11) is -3.77. The first kappa shape index (κ1) is 22.2. The van der Waals surface area contributed by atoms with Gasteiger partial charge in [0.05, 0.1) is 10.5 Å². The molecule has 1 heterocycles. The number of hydrogen-bond donors (Lipinski definition) is 1. The van der Waals surface area contributed by atoms with E-state index in [0.29, 0.717) is 31.2 Å². The average Bonchev–Trinajstić information content (AvgIpc) is 2.69. The van der Waals surface area contributed by atoms with Gasteiger partial charge in [-0.1, -0.05) is 12.1 Å². The molecule has 1 aromatic carbocycles. The zero-order valence-electron chi connectivity index (χ0n) is 16.1. The van der Waals surface area contributed by atoms with Crippen LogP contribution in [-0.2, 0) is 16.2 Å². The van der Waals surface area contributed by atoms with Crippen LogP contribution in [0, 0.1) is 0 Å². The number of nitrogens with zero attached hydrogens (tertiary/aromatic N) is 1. The summed E-state index contributed by atoms with van der Waals surface area (Å²) in [5, 5.41) is 0. The van der Waals surface area contributed by atoms with Gasteiger partial charge in [-0.3, -0.25) is 4.79 Å². The zero-order valence-corrected chi connectivity index (χ0v) is 17.0. The van der Waals surface area contributed by atoms with Gasteiger partial charge in [-0.2, -0.15) is 13.2 Å². The number of carbonyl (C=O) groups is 1. The van der Waals surface area contributed by atoms with Crippen LogP contribution in [0.2, 0.25) is 0 Å². The Morgan fingerprint density at radius 1 is 1.13 bits per heavy atom. The number of alkyl halides is 3. The Bertz CT molecular complexity index is 999. The number of sulfonamides is 1. The minimum atomic E-state index is -4.45. The van der Waals surface area contributed by atoms with Crippen LogP contribution in [0.1, 0.15) is 48.5 Å². The van der Waals surface area contributed by atoms with Gasteiger partial charge >= 0.3 is 6.18 Å². The largest absolute Gasteiger partial charge is 0.474 e. The van der Waals surface area contributed by atoms with E-state index in [-0.39, 0.29) is 28.7 Å². The number of halogens is 3. The highest BCUT2D eigenvalue weighted by atomic mass is 32.2. The van der Waals surface area contributed by atoms with Crippen LogP contribution < -0.4 is 9.46 Å². The van der Waals surface area contributed by atoms with Crippen molar-refractivity contribution in [2.45, 2.75) is 55.8 Å². The molecule has 0 radical (unpaired) electrons. The van der Waals surface area contributed by atoms with Gasteiger partial charge in [0.1, 0.15) is 6.10 Å². The third-order valence-electron chi connectivity index (χ3n) is 4.90. The van der Waals surface area contributed by atoms with Gasteiger partial charge in [-0.25, -0.2) is 18.1 Å². The first-order valence-corrected chi connectivity index (χ1v) is 10.9. The second-order valence-electron chi connectivity index (χ2n) is 7.18. The third kappa shape index (κ3) is 5.57. The molecule has 1 aromatic heterocycles. The highest BCUT2D eigenvalue weighted by molar-refractivity contribution is 7.89. The monoisotopic (exact) mass is 442 g/mol. The smallest absolute Gasteiger partial charge is 0.417 e. The molecule has 30 heavy (non-hydrogen) atoms. The molecule has 0 spiro atoms. The summed E-state index contributed by atoms with van der Waals surface area (Å²) in [6.07, 6.45) is -1.90. The van der Waals surface area contributed by atoms with Crippen molar-refractivity contribution in [3.63, 3.8) is 0 Å². The third-order valence-corrected chi connectivity index (χ3v) is 6.42. The predicted molar refractivity (Wildman–Crippen MR) is 103 cm³/mol. The number of ether oxygens (including phenoxy) is 1. The molecule has 162 valence electrons. The number of ketones is 1. The highest BCUT2D eigenvalue weighted by Crippen LogP contribution is 2.30. The molecule has 0 amide bonds. The van der Waals surface area contributed by atoms with Crippen LogP contribution >= 0.6 is 0 Å². The quantitative estimate of drug-likeness (QED) is 0.685. The van der Waals surface area contributed by atoms with Crippen molar-refractivity contribution in [3.05, 3.63) is 53.7 Å². The molecule has 0 unspecified atom stereocenters. The Labute approximate surface area is 172 Å². The molecule has 6 nitrogen and oxygen atoms in total. The minimum absolute atomic E-state index is 0.0301. The molecule has 0 saturated heterocycles. The topological polar surface area (TPSA) is 85.4 Å². The van der Waals surface area contributed by atoms with Crippen LogP contribution in [0.3, 0.4) is 0 Å². The molecule has 0 aliphatic heterocycles. The highest BCUT2D eigenvalue weighted by Gasteiger charge is 2.31. The number of rotatable bonds is 6. The molecule has 0 atom stereocenters. The maximum absolute atomic E-state index is 12.6. The van der Waals surface area contributed by atoms with Gasteiger partial charge in [-0.05, 0) is 50.8 Å². The van der Waals surface area contributed by atoms with Crippen molar-refractivity contribution in [2.24, 2.45) is 0 Å². The first-order valence-electron chi connectivity index (χ1n) is 9.38. The maximum atomic E-state index is 12.6. The normalized spacial score (nSPS) is 20.0. The van der Waals surface area contributed by atoms with Crippen molar-refractivity contribution in [1.82, 2.24) is 9.71 Å². The van der Waals surface area contributed by atoms with E-state index in [0.717, 1.165) is 12.3 Å². The van der Waals surface area contributed by atoms with E-state index in [1.54, 1.807) is 6.07 Å². The van der Waals surface area contributed by atoms with E-state index in [4.69, 9.17) is 4.74 Å². The summed E-state index contributed by atoms with van der Waals surface area (Å²) in [5.74, 6) is -0.116. The molecule has 10 heteroatoms. The summed E-state index contributed by atoms with van der Waals surface area (Å²) >= 11 is 0. The van der Waals surface area contributed by atoms with Gasteiger partial charge < -0.3 is 4.74 Å². The number of Topliss-reactive ketones (excluding diaryl/α,β-unsaturated/α-hetero) is 1. The van der Waals surface area contributed by atoms with E-state index in [1.807, 2.05) is 0 Å². The maximum Gasteiger partial charge on any atom is 0.417 e. The Hall–Kier alpha value is -2.46. The van der Waals surface area contributed by atoms with Gasteiger partial charge in [0.25, 0.3) is 0 Å². The molecule has 2 aromatic rings. The Kier molecular flexibility index (Phi) is 6.47. The lowest BCUT2D eigenvalue weighted by molar-refractivity contribution is -0.137. The molecule has 1 fully saturated rings. The molecule has 1 N–H and O–H groups in total. The zero-order chi connectivity index (χ0) is 21.9. The van der Waals surface area contributed by atoms with Crippen molar-refractivity contribution >= 4 is 15.8 Å². The minimum Gasteiger partial charge on any atom is -0.474 e. The molecule has 1 aliphatic carbocycles. The fourth-order valence-electron chi connectivity index (χ4n) is 3.26. The fraction of sp³-hybridized carbons (Fsp3) is 0.400. The fourth-order valence-corrected chi connectivity index (χ4v) is 4.61. The lowest BCUT2D eigenvalue weighted by Gasteiger charge is -2.29. The SMILES string of the molecule is CC(=O)c1cccc(S(=O)(=O)NC2CCC(Oc3ccc(C(F)(F)F)cn3)CC2)c1. The Balaban J connectivity index is 1.55. The van der Waals surface area contributed by atoms with Gasteiger partial charge in [-0.15, -0.1) is 0 Å². The van der Waals surface area contributed by atoms with E-state index in [1.165, 1.54) is 31.2 Å². The number of aromatic nitrogens is 1. The molecule has 0 bridgehead atoms. The number of hydrogen-bond acceptors (Lipinski definition) is 5. The van der Waals surface area contributed by atoms with E-state index >= 15 is 0 Å². The standard InChI is InChI=1S/C20H21F3N2O4S/c1-13(26)14-3-2-4-18(11-14)30(27,28)25-16-6-8-17(9-7-16)29-19-10-5-15(12-24-19)20(21,22)23/h2-5,10-12,16-17,25H,6-9H2,1H3. The first-order chi connectivity index (χ1) is 14.0. The summed E-state index contributed by atoms with van der Waals surface area (Å²) < 4.78 is 71.3. The molecular formula is C20H21F3N2O4S. The summed E-state index contributed by atoms with van der Waals surface area (Å²) in [6.45, 7) is 1.37. The number of benzene rings is 1. The molecule has 1 aliphatic rings. The molecule has 1 saturated carbocycles. The Morgan fingerprint density at radius 2 is 1.83 bits per heavy atom. The van der Waals surface area contributed by atoms with Crippen molar-refractivity contribution in [2.75, 3.05) is 0 Å². The second kappa shape index (κ2) is 8.73. The summed E-state index contributed by atoms with van der Waals surface area (Å²) in [5.41, 5.74) is -0.527. The van der Waals surface area contributed by atoms with Crippen molar-refractivity contribution < 1.29 is 31.1 Å². The van der Waals surface area contributed by atoms with Crippen molar-refractivity contribution in [3.8, 4) is 5.88 Å². The Morgan fingerprint density at radius 3 is 2.40 bits per heavy atom. The van der Waals surface area contributed by atoms with E-state index in [2.05, 4.69) is 9.71 Å². The van der Waals surface area contributed by atoms with Crippen LogP contribution in [0.5, 0.6) is 5.88 Å². The second-order valence-corrected chi connectivity index (χ2v) is 8.89. The summed E-state index contributed by atoms with van der Waals surface area (Å²) in [4.78, 5) is 15.2. The van der Waals surface area contributed by atoms with Crippen LogP contribution in [-0.4, -0.2) is 31.3 Å². The van der Waals surface area contributed by atoms with Crippen LogP contribution in [0.4, 0.5) is 13.2 Å². The predicted octanol–water partition coefficient (Wildman–Crippen LogP) is 3.97. The number of pyridine rings is 1. The van der Waals surface area contributed by atoms with Crippen LogP contribution in [0.15, 0.2) is 47.5 Å². The van der Waals surface area contributed by atoms with Crippen molar-refractivity contribution in [1.29, 1.82) is 0 Å². The number of nitrogens with one attached hydrogen (secondary N) is 1. The van der Waals surface area contributed by atoms with Gasteiger partial charge in [0.2, 0.25) is 15.9 Å². The van der Waals surface area contributed by atoms with Crippen LogP contribution in [0.25, 0.3) is 0 Å². The molecule has 3 rings (SSSR count). The van der Waals surface area contributed by atoms with E-state index in [9.17, 15) is 26.4 Å². The average molecular weight is 442 g/mol. The van der Waals surface area contributed by atoms with Gasteiger partial charge in [0.15, 0.2) is 5.78 Å².